The van der Waals surface area contributed by atoms with Gasteiger partial charge in [-0.15, -0.1) is 0 Å². The quantitative estimate of drug-likeness (QED) is 0.341. The first-order valence-electron chi connectivity index (χ1n) is 3.89. The summed E-state index contributed by atoms with van der Waals surface area (Å²) in [5, 5.41) is 21.8. The average Bonchev–Trinajstić information content (AvgIpc) is 2.14. The first kappa shape index (κ1) is 12.3. The van der Waals surface area contributed by atoms with Gasteiger partial charge in [-0.05, 0) is 0 Å². The van der Waals surface area contributed by atoms with Crippen LogP contribution in [0.1, 0.15) is 0 Å². The Morgan fingerprint density at radius 1 is 1.57 bits per heavy atom. The van der Waals surface area contributed by atoms with Crippen molar-refractivity contribution in [2.75, 3.05) is 19.6 Å². The SMILES string of the molecule is N#CCNC(=O)CNCC(O)C(N)=O. The second-order valence-corrected chi connectivity index (χ2v) is 2.48. The van der Waals surface area contributed by atoms with Crippen LogP contribution in [0.15, 0.2) is 0 Å². The molecule has 0 aromatic carbocycles. The van der Waals surface area contributed by atoms with Crippen molar-refractivity contribution in [3.63, 3.8) is 0 Å². The minimum atomic E-state index is -1.31. The molecule has 0 aliphatic rings. The minimum Gasteiger partial charge on any atom is -0.382 e. The third kappa shape index (κ3) is 5.93. The van der Waals surface area contributed by atoms with Gasteiger partial charge in [-0.3, -0.25) is 9.59 Å². The molecule has 0 saturated heterocycles. The molecule has 0 aromatic rings. The van der Waals surface area contributed by atoms with Gasteiger partial charge >= 0.3 is 0 Å². The maximum absolute atomic E-state index is 10.8. The molecule has 0 aliphatic carbocycles. The maximum Gasteiger partial charge on any atom is 0.247 e. The molecule has 5 N–H and O–H groups in total. The summed E-state index contributed by atoms with van der Waals surface area (Å²) in [7, 11) is 0. The van der Waals surface area contributed by atoms with Crippen LogP contribution in [0.2, 0.25) is 0 Å². The third-order valence-electron chi connectivity index (χ3n) is 1.32. The van der Waals surface area contributed by atoms with Gasteiger partial charge in [0.15, 0.2) is 0 Å². The van der Waals surface area contributed by atoms with Crippen LogP contribution in [0.3, 0.4) is 0 Å². The number of aliphatic hydroxyl groups excluding tert-OH is 1. The largest absolute Gasteiger partial charge is 0.382 e. The highest BCUT2D eigenvalue weighted by Gasteiger charge is 2.10. The fourth-order valence-corrected chi connectivity index (χ4v) is 0.624. The van der Waals surface area contributed by atoms with Crippen LogP contribution < -0.4 is 16.4 Å². The number of carbonyl (C=O) groups is 2. The molecule has 78 valence electrons. The topological polar surface area (TPSA) is 128 Å². The molecule has 0 aliphatic heterocycles. The summed E-state index contributed by atoms with van der Waals surface area (Å²) < 4.78 is 0. The van der Waals surface area contributed by atoms with E-state index >= 15 is 0 Å². The van der Waals surface area contributed by atoms with Crippen LogP contribution in [0, 0.1) is 11.3 Å². The Labute approximate surface area is 80.9 Å². The van der Waals surface area contributed by atoms with Gasteiger partial charge in [0.1, 0.15) is 12.6 Å². The molecular weight excluding hydrogens is 188 g/mol. The van der Waals surface area contributed by atoms with Crippen LogP contribution in [0.5, 0.6) is 0 Å². The van der Waals surface area contributed by atoms with E-state index in [1.807, 2.05) is 0 Å². The summed E-state index contributed by atoms with van der Waals surface area (Å²) in [6.07, 6.45) is -1.31. The minimum absolute atomic E-state index is 0.0705. The molecular formula is C7H12N4O3. The highest BCUT2D eigenvalue weighted by atomic mass is 16.3. The second kappa shape index (κ2) is 6.82. The summed E-state index contributed by atoms with van der Waals surface area (Å²) in [5.41, 5.74) is 4.76. The lowest BCUT2D eigenvalue weighted by atomic mass is 10.3. The predicted octanol–water partition coefficient (Wildman–Crippen LogP) is -2.94. The number of carbonyl (C=O) groups excluding carboxylic acids is 2. The molecule has 0 bridgehead atoms. The standard InChI is InChI=1S/C7H12N4O3/c8-1-2-11-6(13)4-10-3-5(12)7(9)14/h5,10,12H,2-4H2,(H2,9,14)(H,11,13). The molecule has 0 radical (unpaired) electrons. The summed E-state index contributed by atoms with van der Waals surface area (Å²) in [4.78, 5) is 21.2. The van der Waals surface area contributed by atoms with Gasteiger partial charge in [0.2, 0.25) is 11.8 Å². The average molecular weight is 200 g/mol. The Morgan fingerprint density at radius 2 is 2.21 bits per heavy atom. The van der Waals surface area contributed by atoms with Gasteiger partial charge in [-0.1, -0.05) is 0 Å². The van der Waals surface area contributed by atoms with Gasteiger partial charge in [-0.2, -0.15) is 5.26 Å². The van der Waals surface area contributed by atoms with Gasteiger partial charge in [0, 0.05) is 6.54 Å². The van der Waals surface area contributed by atoms with Gasteiger partial charge in [0.25, 0.3) is 0 Å². The molecule has 7 heteroatoms. The van der Waals surface area contributed by atoms with Crippen LogP contribution in [0.4, 0.5) is 0 Å². The highest BCUT2D eigenvalue weighted by Crippen LogP contribution is 1.76. The normalized spacial score (nSPS) is 11.4. The number of nitrogens with two attached hydrogens (primary N) is 1. The number of nitrogens with zero attached hydrogens (tertiary/aromatic N) is 1. The molecule has 1 atom stereocenters. The van der Waals surface area contributed by atoms with Crippen molar-refractivity contribution in [2.24, 2.45) is 5.73 Å². The zero-order valence-corrected chi connectivity index (χ0v) is 7.49. The number of nitriles is 1. The Balaban J connectivity index is 3.50. The number of nitrogens with one attached hydrogen (secondary N) is 2. The molecule has 0 spiro atoms. The zero-order valence-electron chi connectivity index (χ0n) is 7.49. The second-order valence-electron chi connectivity index (χ2n) is 2.48. The summed E-state index contributed by atoms with van der Waals surface area (Å²) in [6.45, 7) is -0.236. The van der Waals surface area contributed by atoms with Crippen molar-refractivity contribution < 1.29 is 14.7 Å². The Morgan fingerprint density at radius 3 is 2.71 bits per heavy atom. The Kier molecular flexibility index (Phi) is 6.02. The highest BCUT2D eigenvalue weighted by molar-refractivity contribution is 5.79. The Hall–Kier alpha value is -1.65. The van der Waals surface area contributed by atoms with Crippen molar-refractivity contribution in [1.29, 1.82) is 5.26 Å². The smallest absolute Gasteiger partial charge is 0.247 e. The van der Waals surface area contributed by atoms with E-state index in [0.717, 1.165) is 0 Å². The molecule has 1 unspecified atom stereocenters. The van der Waals surface area contributed by atoms with E-state index in [1.54, 1.807) is 6.07 Å². The molecule has 0 heterocycles. The fraction of sp³-hybridized carbons (Fsp3) is 0.571. The zero-order chi connectivity index (χ0) is 11.0. The monoisotopic (exact) mass is 200 g/mol. The van der Waals surface area contributed by atoms with Gasteiger partial charge in [-0.25, -0.2) is 0 Å². The van der Waals surface area contributed by atoms with E-state index in [1.165, 1.54) is 0 Å². The van der Waals surface area contributed by atoms with Gasteiger partial charge in [0.05, 0.1) is 12.6 Å². The molecule has 14 heavy (non-hydrogen) atoms. The van der Waals surface area contributed by atoms with E-state index in [9.17, 15) is 9.59 Å². The lowest BCUT2D eigenvalue weighted by molar-refractivity contribution is -0.126. The van der Waals surface area contributed by atoms with E-state index in [-0.39, 0.29) is 25.5 Å². The first-order chi connectivity index (χ1) is 6.57. The summed E-state index contributed by atoms with van der Waals surface area (Å²) in [6, 6.07) is 1.73. The van der Waals surface area contributed by atoms with E-state index in [4.69, 9.17) is 16.1 Å². The van der Waals surface area contributed by atoms with E-state index in [2.05, 4.69) is 10.6 Å². The maximum atomic E-state index is 10.8. The number of primary amides is 1. The van der Waals surface area contributed by atoms with Crippen LogP contribution in [-0.2, 0) is 9.59 Å². The van der Waals surface area contributed by atoms with E-state index < -0.39 is 12.0 Å². The number of amides is 2. The van der Waals surface area contributed by atoms with Crippen LogP contribution in [0.25, 0.3) is 0 Å². The molecule has 0 aromatic heterocycles. The summed E-state index contributed by atoms with van der Waals surface area (Å²) in [5.74, 6) is -1.24. The number of hydrogen-bond acceptors (Lipinski definition) is 5. The van der Waals surface area contributed by atoms with Crippen molar-refractivity contribution >= 4 is 11.8 Å². The predicted molar refractivity (Wildman–Crippen MR) is 46.7 cm³/mol. The number of aliphatic hydroxyl groups is 1. The molecule has 7 nitrogen and oxygen atoms in total. The van der Waals surface area contributed by atoms with E-state index in [0.29, 0.717) is 0 Å². The summed E-state index contributed by atoms with van der Waals surface area (Å²) >= 11 is 0. The van der Waals surface area contributed by atoms with Crippen LogP contribution >= 0.6 is 0 Å². The first-order valence-corrected chi connectivity index (χ1v) is 3.89. The number of rotatable bonds is 6. The molecule has 0 saturated carbocycles. The van der Waals surface area contributed by atoms with Crippen molar-refractivity contribution in [3.05, 3.63) is 0 Å². The van der Waals surface area contributed by atoms with Crippen molar-refractivity contribution in [2.45, 2.75) is 6.10 Å². The van der Waals surface area contributed by atoms with Crippen molar-refractivity contribution in [3.8, 4) is 6.07 Å². The third-order valence-corrected chi connectivity index (χ3v) is 1.32. The molecule has 0 fully saturated rings. The molecule has 0 rings (SSSR count). The lowest BCUT2D eigenvalue weighted by Gasteiger charge is -2.07. The Bertz CT molecular complexity index is 248. The van der Waals surface area contributed by atoms with Crippen LogP contribution in [-0.4, -0.2) is 42.7 Å². The fourth-order valence-electron chi connectivity index (χ4n) is 0.624. The number of hydrogen-bond donors (Lipinski definition) is 4. The van der Waals surface area contributed by atoms with Gasteiger partial charge < -0.3 is 21.5 Å². The lowest BCUT2D eigenvalue weighted by Crippen LogP contribution is -2.41. The van der Waals surface area contributed by atoms with Crippen molar-refractivity contribution in [1.82, 2.24) is 10.6 Å². The molecule has 2 amide bonds.